The highest BCUT2D eigenvalue weighted by atomic mass is 35.5. The minimum Gasteiger partial charge on any atom is -0.322 e. The maximum Gasteiger partial charge on any atom is 0.260 e. The molecule has 2 aromatic heterocycles. The number of H-pyrrole nitrogens is 1. The molecule has 1 fully saturated rings. The van der Waals surface area contributed by atoms with Crippen molar-refractivity contribution in [3.8, 4) is 0 Å². The van der Waals surface area contributed by atoms with Gasteiger partial charge in [0.05, 0.1) is 5.39 Å². The number of hydrogen-bond acceptors (Lipinski definition) is 3. The van der Waals surface area contributed by atoms with Gasteiger partial charge in [0.1, 0.15) is 43.6 Å². The van der Waals surface area contributed by atoms with Gasteiger partial charge in [-0.1, -0.05) is 23.7 Å². The van der Waals surface area contributed by atoms with Gasteiger partial charge < -0.3 is 14.8 Å². The first-order chi connectivity index (χ1) is 13.4. The molecule has 0 aliphatic carbocycles. The van der Waals surface area contributed by atoms with Crippen molar-refractivity contribution in [3.63, 3.8) is 0 Å². The lowest BCUT2D eigenvalue weighted by atomic mass is 10.1. The van der Waals surface area contributed by atoms with Crippen LogP contribution in [0.4, 0.5) is 0 Å². The molecule has 148 valence electrons. The van der Waals surface area contributed by atoms with Crippen molar-refractivity contribution >= 4 is 33.2 Å². The van der Waals surface area contributed by atoms with Gasteiger partial charge in [0.2, 0.25) is 0 Å². The second-order valence-corrected chi connectivity index (χ2v) is 9.49. The summed E-state index contributed by atoms with van der Waals surface area (Å²) in [6.45, 7) is 11.6. The Morgan fingerprint density at radius 3 is 2.71 bits per heavy atom. The van der Waals surface area contributed by atoms with Gasteiger partial charge >= 0.3 is 0 Å². The topological polar surface area (TPSA) is 54.6 Å². The average Bonchev–Trinajstić information content (AvgIpc) is 2.96. The predicted octanol–water partition coefficient (Wildman–Crippen LogP) is 1.30. The smallest absolute Gasteiger partial charge is 0.260 e. The number of aromatic amines is 1. The van der Waals surface area contributed by atoms with Crippen molar-refractivity contribution in [1.29, 1.82) is 0 Å². The van der Waals surface area contributed by atoms with E-state index >= 15 is 0 Å². The Balaban J connectivity index is 1.44. The van der Waals surface area contributed by atoms with Crippen LogP contribution in [-0.4, -0.2) is 36.1 Å². The maximum absolute atomic E-state index is 12.6. The highest BCUT2D eigenvalue weighted by Gasteiger charge is 2.29. The zero-order valence-electron chi connectivity index (χ0n) is 16.6. The van der Waals surface area contributed by atoms with Crippen LogP contribution in [0.5, 0.6) is 0 Å². The first kappa shape index (κ1) is 19.6. The van der Waals surface area contributed by atoms with Crippen molar-refractivity contribution in [2.75, 3.05) is 26.2 Å². The first-order valence-electron chi connectivity index (χ1n) is 9.85. The van der Waals surface area contributed by atoms with Gasteiger partial charge in [0.15, 0.2) is 5.82 Å². The molecule has 1 aromatic carbocycles. The lowest BCUT2D eigenvalue weighted by molar-refractivity contribution is -1.03. The van der Waals surface area contributed by atoms with Crippen LogP contribution in [-0.2, 0) is 6.54 Å². The molecule has 1 aliphatic heterocycles. The van der Waals surface area contributed by atoms with E-state index in [1.807, 2.05) is 19.1 Å². The molecule has 0 amide bonds. The van der Waals surface area contributed by atoms with Gasteiger partial charge in [-0.25, -0.2) is 4.98 Å². The lowest BCUT2D eigenvalue weighted by Gasteiger charge is -2.32. The maximum atomic E-state index is 12.6. The number of fused-ring (bicyclic) bond motifs is 1. The van der Waals surface area contributed by atoms with Crippen molar-refractivity contribution in [1.82, 2.24) is 9.97 Å². The van der Waals surface area contributed by atoms with E-state index in [1.54, 1.807) is 16.2 Å². The summed E-state index contributed by atoms with van der Waals surface area (Å²) in [5.74, 6) is 0.812. The zero-order chi connectivity index (χ0) is 19.8. The molecule has 7 heteroatoms. The second kappa shape index (κ2) is 7.95. The van der Waals surface area contributed by atoms with Gasteiger partial charge in [-0.2, -0.15) is 0 Å². The van der Waals surface area contributed by atoms with Gasteiger partial charge in [0.25, 0.3) is 5.56 Å². The van der Waals surface area contributed by atoms with Crippen LogP contribution in [0, 0.1) is 13.8 Å². The van der Waals surface area contributed by atoms with E-state index in [1.165, 1.54) is 15.3 Å². The summed E-state index contributed by atoms with van der Waals surface area (Å²) < 4.78 is 0. The number of nitrogens with zero attached hydrogens (tertiary/aromatic N) is 1. The molecule has 0 saturated carbocycles. The van der Waals surface area contributed by atoms with E-state index in [9.17, 15) is 4.79 Å². The number of halogens is 1. The first-order valence-corrected chi connectivity index (χ1v) is 11.0. The summed E-state index contributed by atoms with van der Waals surface area (Å²) in [5.41, 5.74) is 2.34. The standard InChI is InChI=1S/C21H25ClN4OS/c1-13-15(3)28-21-18(13)20(27)23-19(24-21)14(2)26-9-7-25(8-10-26)12-16-5-4-6-17(22)11-16/h4-6,11,14H,7-10,12H2,1-3H3,(H,23,24,27)/p+2/t14-/m0/s1. The Labute approximate surface area is 174 Å². The molecule has 3 aromatic rings. The third-order valence-electron chi connectivity index (χ3n) is 6.02. The van der Waals surface area contributed by atoms with E-state index in [2.05, 4.69) is 31.0 Å². The van der Waals surface area contributed by atoms with Crippen molar-refractivity contribution in [2.24, 2.45) is 0 Å². The Kier molecular flexibility index (Phi) is 5.56. The summed E-state index contributed by atoms with van der Waals surface area (Å²) in [7, 11) is 0. The number of benzene rings is 1. The van der Waals surface area contributed by atoms with Crippen LogP contribution >= 0.6 is 22.9 Å². The van der Waals surface area contributed by atoms with Gasteiger partial charge in [-0.05, 0) is 38.5 Å². The molecular weight excluding hydrogens is 392 g/mol. The lowest BCUT2D eigenvalue weighted by Crippen LogP contribution is -3.27. The number of piperazine rings is 1. The molecule has 0 spiro atoms. The van der Waals surface area contributed by atoms with Gasteiger partial charge in [-0.15, -0.1) is 11.3 Å². The number of hydrogen-bond donors (Lipinski definition) is 3. The molecule has 4 rings (SSSR count). The summed E-state index contributed by atoms with van der Waals surface area (Å²) >= 11 is 7.73. The fourth-order valence-corrected chi connectivity index (χ4v) is 5.39. The molecule has 28 heavy (non-hydrogen) atoms. The Morgan fingerprint density at radius 2 is 2.00 bits per heavy atom. The van der Waals surface area contributed by atoms with Crippen molar-refractivity contribution in [3.05, 3.63) is 61.5 Å². The predicted molar refractivity (Wildman–Crippen MR) is 115 cm³/mol. The second-order valence-electron chi connectivity index (χ2n) is 7.85. The largest absolute Gasteiger partial charge is 0.322 e. The monoisotopic (exact) mass is 418 g/mol. The molecule has 1 aliphatic rings. The van der Waals surface area contributed by atoms with E-state index in [0.717, 1.165) is 59.4 Å². The molecule has 1 saturated heterocycles. The van der Waals surface area contributed by atoms with Crippen LogP contribution in [0.15, 0.2) is 29.1 Å². The molecular formula is C21H27ClN4OS+2. The molecule has 3 heterocycles. The number of aromatic nitrogens is 2. The Morgan fingerprint density at radius 1 is 1.25 bits per heavy atom. The third-order valence-corrected chi connectivity index (χ3v) is 7.36. The number of quaternary nitrogens is 2. The normalized spacial score (nSPS) is 21.1. The molecule has 0 unspecified atom stereocenters. The van der Waals surface area contributed by atoms with Crippen LogP contribution in [0.3, 0.4) is 0 Å². The Hall–Kier alpha value is -1.73. The number of rotatable bonds is 4. The molecule has 1 atom stereocenters. The number of nitrogens with one attached hydrogen (secondary N) is 3. The van der Waals surface area contributed by atoms with Crippen LogP contribution < -0.4 is 15.4 Å². The molecule has 5 nitrogen and oxygen atoms in total. The number of thiophene rings is 1. The van der Waals surface area contributed by atoms with Gasteiger partial charge in [-0.3, -0.25) is 4.79 Å². The highest BCUT2D eigenvalue weighted by Crippen LogP contribution is 2.26. The molecule has 3 N–H and O–H groups in total. The summed E-state index contributed by atoms with van der Waals surface area (Å²) in [6.07, 6.45) is 0. The number of aryl methyl sites for hydroxylation is 2. The Bertz CT molecular complexity index is 1050. The zero-order valence-corrected chi connectivity index (χ0v) is 18.1. The van der Waals surface area contributed by atoms with Crippen LogP contribution in [0.25, 0.3) is 10.2 Å². The van der Waals surface area contributed by atoms with E-state index in [4.69, 9.17) is 16.6 Å². The summed E-state index contributed by atoms with van der Waals surface area (Å²) in [6, 6.07) is 8.34. The van der Waals surface area contributed by atoms with E-state index < -0.39 is 0 Å². The average molecular weight is 419 g/mol. The van der Waals surface area contributed by atoms with Crippen LogP contribution in [0.2, 0.25) is 5.02 Å². The SMILES string of the molecule is Cc1sc2nc([C@H](C)[NH+]3CC[NH+](Cc4cccc(Cl)c4)CC3)[nH]c(=O)c2c1C. The summed E-state index contributed by atoms with van der Waals surface area (Å²) in [4.78, 5) is 25.6. The highest BCUT2D eigenvalue weighted by molar-refractivity contribution is 7.18. The van der Waals surface area contributed by atoms with Gasteiger partial charge in [0, 0.05) is 15.5 Å². The minimum atomic E-state index is -0.00156. The van der Waals surface area contributed by atoms with Crippen LogP contribution in [0.1, 0.15) is 34.8 Å². The minimum absolute atomic E-state index is 0.00156. The summed E-state index contributed by atoms with van der Waals surface area (Å²) in [5, 5.41) is 1.56. The van der Waals surface area contributed by atoms with E-state index in [-0.39, 0.29) is 11.6 Å². The third kappa shape index (κ3) is 3.87. The molecule has 0 bridgehead atoms. The van der Waals surface area contributed by atoms with E-state index in [0.29, 0.717) is 0 Å². The van der Waals surface area contributed by atoms with Crippen molar-refractivity contribution in [2.45, 2.75) is 33.4 Å². The fourth-order valence-electron chi connectivity index (χ4n) is 4.14. The molecule has 0 radical (unpaired) electrons. The fraction of sp³-hybridized carbons (Fsp3) is 0.429. The van der Waals surface area contributed by atoms with Crippen molar-refractivity contribution < 1.29 is 9.80 Å². The quantitative estimate of drug-likeness (QED) is 0.598.